The van der Waals surface area contributed by atoms with Gasteiger partial charge in [-0.25, -0.2) is 0 Å². The molecule has 4 rings (SSSR count). The molecule has 0 aromatic heterocycles. The molecule has 2 aromatic rings. The second kappa shape index (κ2) is 9.13. The average Bonchev–Trinajstić information content (AvgIpc) is 3.25. The molecule has 2 aliphatic rings. The summed E-state index contributed by atoms with van der Waals surface area (Å²) in [5.41, 5.74) is 7.37. The van der Waals surface area contributed by atoms with Crippen molar-refractivity contribution in [3.63, 3.8) is 0 Å². The zero-order valence-corrected chi connectivity index (χ0v) is 18.0. The number of amides is 2. The zero-order chi connectivity index (χ0) is 21.0. The van der Waals surface area contributed by atoms with Crippen LogP contribution >= 0.6 is 11.8 Å². The molecule has 6 heteroatoms. The summed E-state index contributed by atoms with van der Waals surface area (Å²) in [5.74, 6) is -0.102. The predicted octanol–water partition coefficient (Wildman–Crippen LogP) is 4.43. The third kappa shape index (κ3) is 4.64. The van der Waals surface area contributed by atoms with Gasteiger partial charge < -0.3 is 16.0 Å². The number of anilines is 2. The number of nitrogens with zero attached hydrogens (tertiary/aromatic N) is 1. The van der Waals surface area contributed by atoms with Crippen molar-refractivity contribution in [1.82, 2.24) is 0 Å². The van der Waals surface area contributed by atoms with Crippen molar-refractivity contribution in [2.75, 3.05) is 23.3 Å². The number of nitrogens with two attached hydrogens (primary N) is 1. The number of hydrogen-bond donors (Lipinski definition) is 2. The third-order valence-corrected chi connectivity index (χ3v) is 7.76. The summed E-state index contributed by atoms with van der Waals surface area (Å²) in [5, 5.41) is 3.16. The van der Waals surface area contributed by atoms with Crippen LogP contribution < -0.4 is 16.0 Å². The van der Waals surface area contributed by atoms with Gasteiger partial charge in [-0.2, -0.15) is 0 Å². The van der Waals surface area contributed by atoms with Crippen LogP contribution in [-0.2, 0) is 9.59 Å². The number of benzene rings is 2. The molecule has 0 radical (unpaired) electrons. The van der Waals surface area contributed by atoms with E-state index in [0.29, 0.717) is 0 Å². The first-order valence-electron chi connectivity index (χ1n) is 10.8. The minimum absolute atomic E-state index is 0.00970. The monoisotopic (exact) mass is 423 g/mol. The Kier molecular flexibility index (Phi) is 6.32. The maximum absolute atomic E-state index is 13.2. The lowest BCUT2D eigenvalue weighted by atomic mass is 9.96. The van der Waals surface area contributed by atoms with Crippen molar-refractivity contribution in [3.05, 3.63) is 54.6 Å². The fourth-order valence-corrected chi connectivity index (χ4v) is 5.84. The van der Waals surface area contributed by atoms with Crippen LogP contribution in [0.25, 0.3) is 0 Å². The van der Waals surface area contributed by atoms with Crippen LogP contribution in [-0.4, -0.2) is 29.7 Å². The van der Waals surface area contributed by atoms with Crippen LogP contribution in [0.15, 0.2) is 59.5 Å². The highest BCUT2D eigenvalue weighted by molar-refractivity contribution is 8.01. The number of nitrogens with one attached hydrogen (secondary N) is 1. The van der Waals surface area contributed by atoms with Gasteiger partial charge in [0.25, 0.3) is 0 Å². The first-order valence-corrected chi connectivity index (χ1v) is 11.6. The Balaban J connectivity index is 1.40. The summed E-state index contributed by atoms with van der Waals surface area (Å²) in [6.07, 6.45) is 5.59. The number of thioether (sulfide) groups is 1. The molecule has 2 fully saturated rings. The normalized spacial score (nSPS) is 18.9. The van der Waals surface area contributed by atoms with Crippen LogP contribution in [0.1, 0.15) is 38.5 Å². The Morgan fingerprint density at radius 2 is 1.60 bits per heavy atom. The summed E-state index contributed by atoms with van der Waals surface area (Å²) >= 11 is 1.70. The molecule has 0 spiro atoms. The molecular weight excluding hydrogens is 394 g/mol. The molecule has 1 aliphatic heterocycles. The maximum atomic E-state index is 13.2. The molecule has 158 valence electrons. The highest BCUT2D eigenvalue weighted by Gasteiger charge is 2.42. The fraction of sp³-hybridized carbons (Fsp3) is 0.417. The largest absolute Gasteiger partial charge is 0.371 e. The average molecular weight is 424 g/mol. The van der Waals surface area contributed by atoms with Crippen molar-refractivity contribution >= 4 is 35.0 Å². The Morgan fingerprint density at radius 3 is 2.20 bits per heavy atom. The van der Waals surface area contributed by atoms with E-state index in [4.69, 9.17) is 5.73 Å². The minimum atomic E-state index is -0.392. The van der Waals surface area contributed by atoms with Crippen molar-refractivity contribution < 1.29 is 9.59 Å². The van der Waals surface area contributed by atoms with Gasteiger partial charge in [0, 0.05) is 35.3 Å². The first kappa shape index (κ1) is 20.8. The Hall–Kier alpha value is -2.47. The van der Waals surface area contributed by atoms with E-state index in [2.05, 4.69) is 22.3 Å². The first-order chi connectivity index (χ1) is 14.6. The molecule has 1 aliphatic carbocycles. The highest BCUT2D eigenvalue weighted by atomic mass is 32.2. The lowest BCUT2D eigenvalue weighted by Gasteiger charge is -2.32. The Bertz CT molecular complexity index is 871. The van der Waals surface area contributed by atoms with E-state index < -0.39 is 4.75 Å². The molecule has 30 heavy (non-hydrogen) atoms. The fourth-order valence-electron chi connectivity index (χ4n) is 4.46. The number of piperidine rings is 1. The third-order valence-electron chi connectivity index (χ3n) is 6.27. The quantitative estimate of drug-likeness (QED) is 0.721. The molecule has 0 unspecified atom stereocenters. The number of carbonyl (C=O) groups excluding carboxylic acids is 2. The second-order valence-corrected chi connectivity index (χ2v) is 9.74. The van der Waals surface area contributed by atoms with Gasteiger partial charge in [0.1, 0.15) is 0 Å². The van der Waals surface area contributed by atoms with Crippen LogP contribution in [0.3, 0.4) is 0 Å². The zero-order valence-electron chi connectivity index (χ0n) is 17.2. The van der Waals surface area contributed by atoms with E-state index in [9.17, 15) is 9.59 Å². The molecule has 1 heterocycles. The van der Waals surface area contributed by atoms with E-state index in [1.807, 2.05) is 42.5 Å². The highest BCUT2D eigenvalue weighted by Crippen LogP contribution is 2.46. The molecule has 1 saturated heterocycles. The van der Waals surface area contributed by atoms with Gasteiger partial charge in [0.15, 0.2) is 0 Å². The van der Waals surface area contributed by atoms with Gasteiger partial charge >= 0.3 is 0 Å². The van der Waals surface area contributed by atoms with Crippen LogP contribution in [0.5, 0.6) is 0 Å². The molecule has 0 atom stereocenters. The smallest absolute Gasteiger partial charge is 0.240 e. The lowest BCUT2D eigenvalue weighted by Crippen LogP contribution is -2.38. The molecule has 2 aromatic carbocycles. The van der Waals surface area contributed by atoms with Crippen molar-refractivity contribution in [2.24, 2.45) is 11.7 Å². The summed E-state index contributed by atoms with van der Waals surface area (Å²) in [4.78, 5) is 28.0. The molecule has 1 saturated carbocycles. The molecule has 0 bridgehead atoms. The maximum Gasteiger partial charge on any atom is 0.240 e. The second-order valence-electron chi connectivity index (χ2n) is 8.28. The predicted molar refractivity (Wildman–Crippen MR) is 123 cm³/mol. The van der Waals surface area contributed by atoms with Crippen molar-refractivity contribution in [2.45, 2.75) is 48.2 Å². The van der Waals surface area contributed by atoms with E-state index in [1.54, 1.807) is 11.8 Å². The van der Waals surface area contributed by atoms with Gasteiger partial charge in [-0.15, -0.1) is 11.8 Å². The molecule has 3 N–H and O–H groups in total. The van der Waals surface area contributed by atoms with Gasteiger partial charge in [-0.05, 0) is 62.1 Å². The van der Waals surface area contributed by atoms with Gasteiger partial charge in [-0.3, -0.25) is 9.59 Å². The molecule has 2 amide bonds. The van der Waals surface area contributed by atoms with Gasteiger partial charge in [0.05, 0.1) is 4.75 Å². The number of rotatable bonds is 6. The summed E-state index contributed by atoms with van der Waals surface area (Å²) < 4.78 is -0.392. The standard InChI is InChI=1S/C24H29N3O2S/c25-22(28)18-12-16-27(17-13-18)20-10-8-19(9-11-20)26-23(29)24(14-4-5-15-24)30-21-6-2-1-3-7-21/h1-3,6-11,18H,4-5,12-17H2,(H2,25,28)(H,26,29). The Labute approximate surface area is 182 Å². The number of carbonyl (C=O) groups is 2. The van der Waals surface area contributed by atoms with Crippen LogP contribution in [0.4, 0.5) is 11.4 Å². The lowest BCUT2D eigenvalue weighted by molar-refractivity contribution is -0.122. The van der Waals surface area contributed by atoms with Crippen molar-refractivity contribution in [3.8, 4) is 0 Å². The van der Waals surface area contributed by atoms with Crippen LogP contribution in [0, 0.1) is 5.92 Å². The molecule has 5 nitrogen and oxygen atoms in total. The minimum Gasteiger partial charge on any atom is -0.371 e. The molecular formula is C24H29N3O2S. The van der Waals surface area contributed by atoms with Crippen LogP contribution in [0.2, 0.25) is 0 Å². The SMILES string of the molecule is NC(=O)C1CCN(c2ccc(NC(=O)C3(Sc4ccccc4)CCCC3)cc2)CC1. The number of hydrogen-bond acceptors (Lipinski definition) is 4. The summed E-state index contributed by atoms with van der Waals surface area (Å²) in [6.45, 7) is 1.66. The Morgan fingerprint density at radius 1 is 0.967 bits per heavy atom. The topological polar surface area (TPSA) is 75.4 Å². The number of primary amides is 1. The van der Waals surface area contributed by atoms with Gasteiger partial charge in [-0.1, -0.05) is 31.0 Å². The van der Waals surface area contributed by atoms with E-state index >= 15 is 0 Å². The summed E-state index contributed by atoms with van der Waals surface area (Å²) in [7, 11) is 0. The summed E-state index contributed by atoms with van der Waals surface area (Å²) in [6, 6.07) is 18.2. The van der Waals surface area contributed by atoms with E-state index in [1.165, 1.54) is 0 Å². The van der Waals surface area contributed by atoms with E-state index in [0.717, 1.165) is 67.9 Å². The van der Waals surface area contributed by atoms with Crippen molar-refractivity contribution in [1.29, 1.82) is 0 Å². The van der Waals surface area contributed by atoms with E-state index in [-0.39, 0.29) is 17.7 Å². The van der Waals surface area contributed by atoms with Gasteiger partial charge in [0.2, 0.25) is 11.8 Å².